The minimum absolute atomic E-state index is 0. The molecule has 7 heteroatoms. The standard InChI is InChI=1S/C24H46NOSSi.CH3.2ClH.Ti/c1-18-19(2)22(21-20(18)14-16-27-21)28(9,25-23(3,4)5)17-13-11-10-12-15-26-24(6,7)8;;;;/h14,16,18-22H,10-13,15,17H2,1-9H3;1H3;2*1H;/q2*-1;;;+2/p-2. The molecule has 2 nitrogen and oxygen atoms in total. The van der Waals surface area contributed by atoms with Crippen LogP contribution in [0.1, 0.15) is 81.1 Å². The second kappa shape index (κ2) is 14.9. The number of allylic oxidation sites excluding steroid dienone is 1. The summed E-state index contributed by atoms with van der Waals surface area (Å²) in [5, 5.41) is 3.17. The quantitative estimate of drug-likeness (QED) is 0.160. The Labute approximate surface area is 222 Å². The third kappa shape index (κ3) is 11.1. The fourth-order valence-corrected chi connectivity index (χ4v) is 13.5. The van der Waals surface area contributed by atoms with E-state index in [4.69, 9.17) is 28.3 Å². The molecule has 0 N–H and O–H groups in total. The van der Waals surface area contributed by atoms with Crippen LogP contribution in [0.3, 0.4) is 0 Å². The summed E-state index contributed by atoms with van der Waals surface area (Å²) in [6, 6.07) is 1.36. The summed E-state index contributed by atoms with van der Waals surface area (Å²) in [6.45, 7) is 21.9. The van der Waals surface area contributed by atoms with E-state index >= 15 is 0 Å². The number of fused-ring (bicyclic) bond motifs is 1. The maximum atomic E-state index is 5.88. The molecule has 0 spiro atoms. The Morgan fingerprint density at radius 1 is 1.00 bits per heavy atom. The predicted octanol–water partition coefficient (Wildman–Crippen LogP) is 9.84. The van der Waals surface area contributed by atoms with Crippen molar-refractivity contribution >= 4 is 38.6 Å². The van der Waals surface area contributed by atoms with E-state index < -0.39 is 25.3 Å². The molecular weight excluding hydrogens is 509 g/mol. The van der Waals surface area contributed by atoms with Gasteiger partial charge < -0.3 is 17.1 Å². The first-order valence-electron chi connectivity index (χ1n) is 11.9. The molecule has 0 radical (unpaired) electrons. The van der Waals surface area contributed by atoms with Crippen LogP contribution in [0.5, 0.6) is 0 Å². The van der Waals surface area contributed by atoms with Crippen LogP contribution in [-0.4, -0.2) is 31.2 Å². The predicted molar refractivity (Wildman–Crippen MR) is 148 cm³/mol. The van der Waals surface area contributed by atoms with Crippen molar-refractivity contribution < 1.29 is 21.8 Å². The van der Waals surface area contributed by atoms with Crippen molar-refractivity contribution in [3.8, 4) is 0 Å². The van der Waals surface area contributed by atoms with E-state index in [1.807, 2.05) is 0 Å². The summed E-state index contributed by atoms with van der Waals surface area (Å²) in [4.78, 5) is 5.61. The van der Waals surface area contributed by atoms with Gasteiger partial charge in [0.15, 0.2) is 0 Å². The van der Waals surface area contributed by atoms with Gasteiger partial charge in [-0.25, -0.2) is 0 Å². The van der Waals surface area contributed by atoms with E-state index in [0.717, 1.165) is 35.2 Å². The van der Waals surface area contributed by atoms with Crippen LogP contribution in [0.25, 0.3) is 4.98 Å². The molecule has 0 aromatic heterocycles. The average molecular weight is 559 g/mol. The summed E-state index contributed by atoms with van der Waals surface area (Å²) in [7, 11) is 8.07. The first-order chi connectivity index (χ1) is 14.3. The van der Waals surface area contributed by atoms with Crippen molar-refractivity contribution in [2.75, 3.05) is 6.61 Å². The third-order valence-corrected chi connectivity index (χ3v) is 13.0. The molecular formula is C25H49Cl2NOSSiTi-2. The molecule has 0 aromatic rings. The monoisotopic (exact) mass is 557 g/mol. The SMILES string of the molecule is CC1C(C)C([Si](C)(CCCCCCOC(C)(C)C)[N-]C(C)(C)C)C2SC=CC12.[CH3-].[Cl][Ti][Cl]. The molecule has 0 aromatic carbocycles. The summed E-state index contributed by atoms with van der Waals surface area (Å²) in [6.07, 6.45) is 7.64. The van der Waals surface area contributed by atoms with Crippen molar-refractivity contribution in [3.05, 3.63) is 23.9 Å². The molecule has 2 rings (SSSR count). The summed E-state index contributed by atoms with van der Waals surface area (Å²) < 4.78 is 5.88. The van der Waals surface area contributed by atoms with Gasteiger partial charge in [-0.1, -0.05) is 80.8 Å². The summed E-state index contributed by atoms with van der Waals surface area (Å²) in [5.74, 6) is 2.38. The molecule has 2 aliphatic rings. The van der Waals surface area contributed by atoms with Crippen LogP contribution < -0.4 is 0 Å². The van der Waals surface area contributed by atoms with Crippen molar-refractivity contribution in [1.29, 1.82) is 0 Å². The molecule has 1 heterocycles. The molecule has 1 aliphatic carbocycles. The van der Waals surface area contributed by atoms with Crippen LogP contribution in [0.15, 0.2) is 11.5 Å². The van der Waals surface area contributed by atoms with Crippen molar-refractivity contribution in [1.82, 2.24) is 0 Å². The molecule has 190 valence electrons. The minimum atomic E-state index is -1.71. The molecule has 6 unspecified atom stereocenters. The summed E-state index contributed by atoms with van der Waals surface area (Å²) in [5.41, 5.74) is 0.894. The number of halogens is 2. The fraction of sp³-hybridized carbons (Fsp3) is 0.880. The number of thioether (sulfide) groups is 1. The molecule has 1 saturated carbocycles. The normalized spacial score (nSPS) is 28.9. The number of hydrogen-bond acceptors (Lipinski definition) is 2. The van der Waals surface area contributed by atoms with Crippen molar-refractivity contribution in [3.63, 3.8) is 0 Å². The van der Waals surface area contributed by atoms with Crippen LogP contribution in [0.4, 0.5) is 0 Å². The number of hydrogen-bond donors (Lipinski definition) is 0. The van der Waals surface area contributed by atoms with E-state index in [2.05, 4.69) is 85.2 Å². The van der Waals surface area contributed by atoms with Gasteiger partial charge in [0.2, 0.25) is 0 Å². The Balaban J connectivity index is 0.00000227. The van der Waals surface area contributed by atoms with Gasteiger partial charge in [-0.05, 0) is 55.9 Å². The van der Waals surface area contributed by atoms with Crippen LogP contribution in [0.2, 0.25) is 18.1 Å². The molecule has 1 aliphatic heterocycles. The topological polar surface area (TPSA) is 23.3 Å². The average Bonchev–Trinajstić information content (AvgIpc) is 3.15. The first kappa shape index (κ1) is 33.5. The maximum absolute atomic E-state index is 5.88. The summed E-state index contributed by atoms with van der Waals surface area (Å²) >= 11 is 1.56. The molecule has 1 fully saturated rings. The number of unbranched alkanes of at least 4 members (excludes halogenated alkanes) is 3. The Morgan fingerprint density at radius 3 is 2.09 bits per heavy atom. The van der Waals surface area contributed by atoms with Gasteiger partial charge in [-0.2, -0.15) is 0 Å². The fourth-order valence-electron chi connectivity index (χ4n) is 5.50. The zero-order valence-corrected chi connectivity index (χ0v) is 27.2. The molecule has 0 saturated heterocycles. The Hall–Kier alpha value is 1.52. The van der Waals surface area contributed by atoms with E-state index in [1.54, 1.807) is 0 Å². The first-order valence-corrected chi connectivity index (χ1v) is 19.9. The molecule has 0 bridgehead atoms. The van der Waals surface area contributed by atoms with E-state index in [1.165, 1.54) is 31.7 Å². The van der Waals surface area contributed by atoms with Crippen LogP contribution in [-0.2, 0) is 21.8 Å². The van der Waals surface area contributed by atoms with E-state index in [0.29, 0.717) is 0 Å². The number of ether oxygens (including phenoxy) is 1. The number of rotatable bonds is 9. The Kier molecular flexibility index (Phi) is 15.6. The van der Waals surface area contributed by atoms with Gasteiger partial charge in [0, 0.05) is 11.9 Å². The van der Waals surface area contributed by atoms with Crippen LogP contribution >= 0.6 is 30.4 Å². The van der Waals surface area contributed by atoms with Gasteiger partial charge in [0.1, 0.15) is 0 Å². The van der Waals surface area contributed by atoms with Gasteiger partial charge in [-0.15, -0.1) is 17.3 Å². The van der Waals surface area contributed by atoms with E-state index in [9.17, 15) is 0 Å². The van der Waals surface area contributed by atoms with Crippen molar-refractivity contribution in [2.24, 2.45) is 17.8 Å². The Bertz CT molecular complexity index is 555. The van der Waals surface area contributed by atoms with E-state index in [-0.39, 0.29) is 18.6 Å². The van der Waals surface area contributed by atoms with Gasteiger partial charge in [-0.3, -0.25) is 0 Å². The Morgan fingerprint density at radius 2 is 1.56 bits per heavy atom. The van der Waals surface area contributed by atoms with Gasteiger partial charge in [0.05, 0.1) is 5.60 Å². The zero-order chi connectivity index (χ0) is 23.9. The molecule has 0 amide bonds. The van der Waals surface area contributed by atoms with Crippen molar-refractivity contribution in [2.45, 2.75) is 116 Å². The second-order valence-corrected chi connectivity index (χ2v) is 19.4. The number of nitrogens with zero attached hydrogens (tertiary/aromatic N) is 1. The molecule has 6 atom stereocenters. The third-order valence-electron chi connectivity index (χ3n) is 6.69. The molecule has 32 heavy (non-hydrogen) atoms. The second-order valence-electron chi connectivity index (χ2n) is 11.6. The van der Waals surface area contributed by atoms with Gasteiger partial charge in [0.25, 0.3) is 0 Å². The van der Waals surface area contributed by atoms with Gasteiger partial charge >= 0.3 is 35.6 Å². The zero-order valence-electron chi connectivity index (χ0n) is 22.3. The van der Waals surface area contributed by atoms with Crippen LogP contribution in [0, 0.1) is 25.2 Å².